The summed E-state index contributed by atoms with van der Waals surface area (Å²) < 4.78 is 15.8. The maximum absolute atomic E-state index is 7.92. The SMILES string of the molecule is CC(C)c1ccc(-c2ccc3c(c2)B2c4cc(C(C)(C)C)ccc4N(c4ccc(C(C)(C)C)cc4)c4c5c6c(c(c42)O3)N(c2ccc(C(C)(C)C)cc2)c2ccc(C(C)(C)C)cc2B6c2cc(-c3ccc(C(C)(C)C)cc3)ccc2O5)cc1. The molecule has 0 spiro atoms. The molecule has 6 heteroatoms. The first-order chi connectivity index (χ1) is 39.1. The molecule has 4 nitrogen and oxygen atoms in total. The van der Waals surface area contributed by atoms with Gasteiger partial charge in [0, 0.05) is 33.7 Å². The first-order valence-electron chi connectivity index (χ1n) is 30.3. The van der Waals surface area contributed by atoms with Crippen LogP contribution in [0, 0.1) is 0 Å². The van der Waals surface area contributed by atoms with Crippen LogP contribution in [0.25, 0.3) is 22.3 Å². The molecule has 0 fully saturated rings. The second-order valence-electron chi connectivity index (χ2n) is 29.7. The van der Waals surface area contributed by atoms with Gasteiger partial charge in [-0.25, -0.2) is 0 Å². The maximum atomic E-state index is 7.92. The van der Waals surface area contributed by atoms with Crippen LogP contribution in [-0.2, 0) is 27.1 Å². The average molecular weight is 1090 g/mol. The standard InChI is InChI=1S/C77H80B2N2O2/c1-46(2)47-18-20-48(21-19-47)50-24-40-65-61(42-50)78-59-44-55(76(12,13)14)32-38-63(59)80(57-34-28-53(29-35-57)74(6,7)8)69-67(78)71(82-65)70-68-72(69)83-66-41-25-51(49-22-26-52(27-23-49)73(3,4)5)43-62(66)79(68)60-45-56(77(15,16)17)33-39-64(60)81(70)58-36-30-54(31-37-58)75(9,10)11/h18-46H,1-17H3. The van der Waals surface area contributed by atoms with E-state index in [2.05, 4.69) is 297 Å². The Balaban J connectivity index is 1.17. The van der Waals surface area contributed by atoms with E-state index in [4.69, 9.17) is 9.47 Å². The number of anilines is 6. The van der Waals surface area contributed by atoms with Crippen LogP contribution in [0.1, 0.15) is 157 Å². The zero-order valence-electron chi connectivity index (χ0n) is 52.1. The molecule has 4 heterocycles. The summed E-state index contributed by atoms with van der Waals surface area (Å²) in [6.45, 7) is 38.7. The highest BCUT2D eigenvalue weighted by atomic mass is 16.5. The maximum Gasteiger partial charge on any atom is 0.256 e. The van der Waals surface area contributed by atoms with E-state index in [-0.39, 0.29) is 40.5 Å². The summed E-state index contributed by atoms with van der Waals surface area (Å²) in [4.78, 5) is 5.05. The molecule has 9 aromatic carbocycles. The largest absolute Gasteiger partial charge is 0.456 e. The van der Waals surface area contributed by atoms with E-state index in [0.717, 1.165) is 84.5 Å². The average Bonchev–Trinajstić information content (AvgIpc) is 1.13. The Morgan fingerprint density at radius 1 is 0.325 bits per heavy atom. The number of hydrogen-bond donors (Lipinski definition) is 0. The summed E-state index contributed by atoms with van der Waals surface area (Å²) in [5.41, 5.74) is 25.7. The fourth-order valence-corrected chi connectivity index (χ4v) is 13.3. The van der Waals surface area contributed by atoms with Crippen LogP contribution < -0.4 is 52.1 Å². The molecular weight excluding hydrogens is 1010 g/mol. The smallest absolute Gasteiger partial charge is 0.256 e. The highest BCUT2D eigenvalue weighted by Crippen LogP contribution is 2.55. The topological polar surface area (TPSA) is 24.9 Å². The molecule has 0 aromatic heterocycles. The summed E-state index contributed by atoms with van der Waals surface area (Å²) in [5.74, 6) is 3.91. The summed E-state index contributed by atoms with van der Waals surface area (Å²) in [5, 5.41) is 0. The van der Waals surface area contributed by atoms with Gasteiger partial charge in [-0.2, -0.15) is 0 Å². The van der Waals surface area contributed by atoms with Gasteiger partial charge in [-0.1, -0.05) is 239 Å². The van der Waals surface area contributed by atoms with Crippen molar-refractivity contribution in [3.05, 3.63) is 203 Å². The number of rotatable bonds is 5. The van der Waals surface area contributed by atoms with Gasteiger partial charge in [0.25, 0.3) is 13.4 Å². The molecule has 0 N–H and O–H groups in total. The number of benzene rings is 9. The Labute approximate surface area is 496 Å². The van der Waals surface area contributed by atoms with Crippen molar-refractivity contribution in [3.63, 3.8) is 0 Å². The lowest BCUT2D eigenvalue weighted by atomic mass is 9.31. The first-order valence-corrected chi connectivity index (χ1v) is 30.3. The van der Waals surface area contributed by atoms with Crippen molar-refractivity contribution in [2.24, 2.45) is 0 Å². The van der Waals surface area contributed by atoms with Crippen LogP contribution in [0.15, 0.2) is 170 Å². The van der Waals surface area contributed by atoms with Crippen molar-refractivity contribution in [2.75, 3.05) is 9.80 Å². The Morgan fingerprint density at radius 3 is 0.976 bits per heavy atom. The molecule has 0 unspecified atom stereocenters. The quantitative estimate of drug-likeness (QED) is 0.160. The number of hydrogen-bond acceptors (Lipinski definition) is 4. The predicted octanol–water partition coefficient (Wildman–Crippen LogP) is 17.4. The zero-order chi connectivity index (χ0) is 58.6. The van der Waals surface area contributed by atoms with Crippen LogP contribution in [0.4, 0.5) is 34.1 Å². The van der Waals surface area contributed by atoms with Crippen LogP contribution in [0.3, 0.4) is 0 Å². The Morgan fingerprint density at radius 2 is 0.639 bits per heavy atom. The lowest BCUT2D eigenvalue weighted by molar-refractivity contribution is 0.477. The van der Waals surface area contributed by atoms with Crippen molar-refractivity contribution < 1.29 is 9.47 Å². The van der Waals surface area contributed by atoms with E-state index in [1.54, 1.807) is 0 Å². The molecule has 0 amide bonds. The van der Waals surface area contributed by atoms with Crippen LogP contribution >= 0.6 is 0 Å². The molecule has 0 aliphatic carbocycles. The molecule has 0 bridgehead atoms. The molecule has 0 saturated carbocycles. The van der Waals surface area contributed by atoms with Crippen LogP contribution in [0.2, 0.25) is 0 Å². The fourth-order valence-electron chi connectivity index (χ4n) is 13.3. The molecule has 9 aromatic rings. The third-order valence-electron chi connectivity index (χ3n) is 18.4. The molecule has 0 atom stereocenters. The van der Waals surface area contributed by atoms with Crippen molar-refractivity contribution >= 4 is 80.3 Å². The molecule has 4 aliphatic rings. The van der Waals surface area contributed by atoms with Crippen molar-refractivity contribution in [1.29, 1.82) is 0 Å². The lowest BCUT2D eigenvalue weighted by Crippen LogP contribution is -2.64. The summed E-state index contributed by atoms with van der Waals surface area (Å²) in [7, 11) is 0. The van der Waals surface area contributed by atoms with Crippen molar-refractivity contribution in [3.8, 4) is 45.3 Å². The second-order valence-corrected chi connectivity index (χ2v) is 29.7. The minimum absolute atomic E-state index is 0.0340. The van der Waals surface area contributed by atoms with Crippen molar-refractivity contribution in [1.82, 2.24) is 0 Å². The van der Waals surface area contributed by atoms with Gasteiger partial charge < -0.3 is 19.3 Å². The molecule has 83 heavy (non-hydrogen) atoms. The van der Waals surface area contributed by atoms with Gasteiger partial charge in [0.2, 0.25) is 0 Å². The Bertz CT molecular complexity index is 4060. The summed E-state index contributed by atoms with van der Waals surface area (Å²) in [6.07, 6.45) is 0. The number of ether oxygens (including phenoxy) is 2. The van der Waals surface area contributed by atoms with E-state index in [9.17, 15) is 0 Å². The highest BCUT2D eigenvalue weighted by molar-refractivity contribution is 7.02. The zero-order valence-corrected chi connectivity index (χ0v) is 52.1. The van der Waals surface area contributed by atoms with Gasteiger partial charge in [0.05, 0.1) is 11.4 Å². The second kappa shape index (κ2) is 18.9. The summed E-state index contributed by atoms with van der Waals surface area (Å²) >= 11 is 0. The molecule has 0 radical (unpaired) electrons. The van der Waals surface area contributed by atoms with Gasteiger partial charge in [-0.3, -0.25) is 0 Å². The fraction of sp³-hybridized carbons (Fsp3) is 0.299. The third-order valence-corrected chi connectivity index (χ3v) is 18.4. The molecule has 416 valence electrons. The molecule has 13 rings (SSSR count). The first kappa shape index (κ1) is 54.6. The predicted molar refractivity (Wildman–Crippen MR) is 357 cm³/mol. The molecule has 4 aliphatic heterocycles. The normalized spacial score (nSPS) is 14.3. The van der Waals surface area contributed by atoms with E-state index in [1.165, 1.54) is 61.0 Å². The van der Waals surface area contributed by atoms with E-state index in [1.807, 2.05) is 0 Å². The molecular formula is C77H80B2N2O2. The van der Waals surface area contributed by atoms with E-state index in [0.29, 0.717) is 5.92 Å². The number of nitrogens with zero attached hydrogens (tertiary/aromatic N) is 2. The van der Waals surface area contributed by atoms with Gasteiger partial charge in [-0.15, -0.1) is 0 Å². The monoisotopic (exact) mass is 1090 g/mol. The van der Waals surface area contributed by atoms with Crippen LogP contribution in [-0.4, -0.2) is 13.4 Å². The summed E-state index contributed by atoms with van der Waals surface area (Å²) in [6, 6.07) is 65.4. The molecule has 0 saturated heterocycles. The van der Waals surface area contributed by atoms with Gasteiger partial charge in [-0.05, 0) is 159 Å². The van der Waals surface area contributed by atoms with Gasteiger partial charge >= 0.3 is 0 Å². The number of fused-ring (bicyclic) bond motifs is 10. The Hall–Kier alpha value is -7.69. The van der Waals surface area contributed by atoms with Gasteiger partial charge in [0.1, 0.15) is 23.0 Å². The van der Waals surface area contributed by atoms with E-state index < -0.39 is 0 Å². The Kier molecular flexibility index (Phi) is 12.4. The van der Waals surface area contributed by atoms with Gasteiger partial charge in [0.15, 0.2) is 0 Å². The van der Waals surface area contributed by atoms with E-state index >= 15 is 0 Å². The lowest BCUT2D eigenvalue weighted by Gasteiger charge is -2.47. The highest BCUT2D eigenvalue weighted by Gasteiger charge is 2.53. The third kappa shape index (κ3) is 9.13. The van der Waals surface area contributed by atoms with Crippen molar-refractivity contribution in [2.45, 2.75) is 151 Å². The minimum atomic E-state index is -0.226. The minimum Gasteiger partial charge on any atom is -0.456 e. The van der Waals surface area contributed by atoms with Crippen LogP contribution in [0.5, 0.6) is 23.0 Å².